The zero-order valence-electron chi connectivity index (χ0n) is 21.7. The van der Waals surface area contributed by atoms with Gasteiger partial charge in [0.15, 0.2) is 5.01 Å². The van der Waals surface area contributed by atoms with Crippen molar-refractivity contribution in [3.63, 3.8) is 0 Å². The Balaban J connectivity index is 1.40. The van der Waals surface area contributed by atoms with E-state index in [1.54, 1.807) is 18.2 Å². The minimum absolute atomic E-state index is 0.0140. The number of rotatable bonds is 7. The number of hydrogen-bond acceptors (Lipinski definition) is 8. The zero-order valence-corrected chi connectivity index (χ0v) is 23.3. The number of carbonyl (C=O) groups excluding carboxylic acids is 2. The van der Waals surface area contributed by atoms with E-state index in [2.05, 4.69) is 26.1 Å². The maximum absolute atomic E-state index is 13.6. The van der Waals surface area contributed by atoms with Gasteiger partial charge in [0.05, 0.1) is 11.7 Å². The molecule has 4 heterocycles. The quantitative estimate of drug-likeness (QED) is 0.343. The fraction of sp³-hybridized carbons (Fsp3) is 0.385. The number of aliphatic carboxylic acids is 1. The first-order chi connectivity index (χ1) is 19.0. The van der Waals surface area contributed by atoms with Gasteiger partial charge in [-0.15, -0.1) is 17.8 Å². The van der Waals surface area contributed by atoms with Crippen molar-refractivity contribution in [3.05, 3.63) is 45.4 Å². The molecular formula is C26H28N6O6S2. The molecule has 2 amide bonds. The number of terminal acetylenes is 1. The third-order valence-corrected chi connectivity index (χ3v) is 9.91. The lowest BCUT2D eigenvalue weighted by Gasteiger charge is -2.40. The van der Waals surface area contributed by atoms with Gasteiger partial charge in [-0.25, -0.2) is 13.4 Å². The number of benzene rings is 1. The summed E-state index contributed by atoms with van der Waals surface area (Å²) in [6.07, 6.45) is 5.93. The van der Waals surface area contributed by atoms with Crippen molar-refractivity contribution in [2.24, 2.45) is 0 Å². The van der Waals surface area contributed by atoms with Crippen LogP contribution >= 0.6 is 11.3 Å². The Morgan fingerprint density at radius 1 is 1.25 bits per heavy atom. The average Bonchev–Trinajstić information content (AvgIpc) is 3.55. The maximum atomic E-state index is 13.6. The molecule has 0 bridgehead atoms. The van der Waals surface area contributed by atoms with E-state index in [0.29, 0.717) is 28.0 Å². The molecule has 1 saturated heterocycles. The summed E-state index contributed by atoms with van der Waals surface area (Å²) in [4.78, 5) is 49.3. The van der Waals surface area contributed by atoms with E-state index in [1.807, 2.05) is 7.05 Å². The second-order valence-electron chi connectivity index (χ2n) is 9.85. The lowest BCUT2D eigenvalue weighted by atomic mass is 10.1. The summed E-state index contributed by atoms with van der Waals surface area (Å²) in [5, 5.41) is 12.2. The summed E-state index contributed by atoms with van der Waals surface area (Å²) in [7, 11) is -2.02. The molecule has 0 aliphatic carbocycles. The predicted octanol–water partition coefficient (Wildman–Crippen LogP) is 0.700. The molecule has 3 aromatic rings. The summed E-state index contributed by atoms with van der Waals surface area (Å²) in [5.74, 6) is 0.344. The van der Waals surface area contributed by atoms with Gasteiger partial charge in [0, 0.05) is 66.9 Å². The Bertz CT molecular complexity index is 1640. The highest BCUT2D eigenvalue weighted by atomic mass is 32.2. The largest absolute Gasteiger partial charge is 0.480 e. The molecule has 12 nitrogen and oxygen atoms in total. The van der Waals surface area contributed by atoms with Crippen LogP contribution in [0.25, 0.3) is 10.9 Å². The minimum atomic E-state index is -4.02. The van der Waals surface area contributed by atoms with E-state index in [1.165, 1.54) is 26.6 Å². The number of aromatic nitrogens is 2. The van der Waals surface area contributed by atoms with Crippen molar-refractivity contribution in [1.29, 1.82) is 0 Å². The Morgan fingerprint density at radius 2 is 2.05 bits per heavy atom. The number of sulfonamides is 1. The number of nitrogens with zero attached hydrogens (tertiary/aromatic N) is 4. The molecule has 1 atom stereocenters. The third kappa shape index (κ3) is 5.59. The molecule has 3 N–H and O–H groups in total. The highest BCUT2D eigenvalue weighted by molar-refractivity contribution is 7.89. The van der Waals surface area contributed by atoms with Gasteiger partial charge >= 0.3 is 5.97 Å². The topological polar surface area (TPSA) is 156 Å². The van der Waals surface area contributed by atoms with Crippen LogP contribution in [0.3, 0.4) is 0 Å². The lowest BCUT2D eigenvalue weighted by Crippen LogP contribution is -2.57. The van der Waals surface area contributed by atoms with Gasteiger partial charge in [-0.1, -0.05) is 5.92 Å². The number of carbonyl (C=O) groups is 3. The molecule has 210 valence electrons. The van der Waals surface area contributed by atoms with Crippen LogP contribution in [0, 0.1) is 12.3 Å². The van der Waals surface area contributed by atoms with Gasteiger partial charge in [0.1, 0.15) is 11.6 Å². The number of amides is 2. The molecule has 0 radical (unpaired) electrons. The number of fused-ring (bicyclic) bond motifs is 2. The first kappa shape index (κ1) is 27.8. The van der Waals surface area contributed by atoms with E-state index in [4.69, 9.17) is 11.5 Å². The van der Waals surface area contributed by atoms with Gasteiger partial charge in [-0.3, -0.25) is 14.4 Å². The normalized spacial score (nSPS) is 18.3. The van der Waals surface area contributed by atoms with Crippen LogP contribution in [0.15, 0.2) is 29.3 Å². The summed E-state index contributed by atoms with van der Waals surface area (Å²) in [5.41, 5.74) is 2.11. The van der Waals surface area contributed by atoms with E-state index >= 15 is 0 Å². The molecule has 5 rings (SSSR count). The number of aromatic amines is 1. The highest BCUT2D eigenvalue weighted by Crippen LogP contribution is 2.29. The van der Waals surface area contributed by atoms with Crippen LogP contribution in [-0.4, -0.2) is 101 Å². The van der Waals surface area contributed by atoms with E-state index in [9.17, 15) is 22.8 Å². The monoisotopic (exact) mass is 584 g/mol. The summed E-state index contributed by atoms with van der Waals surface area (Å²) in [6, 6.07) is 5.81. The number of H-pyrrole nitrogens is 1. The average molecular weight is 585 g/mol. The molecule has 0 spiro atoms. The molecule has 1 fully saturated rings. The molecular weight excluding hydrogens is 556 g/mol. The van der Waals surface area contributed by atoms with E-state index in [-0.39, 0.29) is 37.0 Å². The summed E-state index contributed by atoms with van der Waals surface area (Å²) in [6.45, 7) is 0.864. The first-order valence-corrected chi connectivity index (χ1v) is 14.9. The molecule has 0 saturated carbocycles. The van der Waals surface area contributed by atoms with Gasteiger partial charge in [0.25, 0.3) is 15.9 Å². The van der Waals surface area contributed by atoms with Gasteiger partial charge in [0.2, 0.25) is 5.91 Å². The molecule has 40 heavy (non-hydrogen) atoms. The number of hydrogen-bond donors (Lipinski definition) is 3. The van der Waals surface area contributed by atoms with Crippen LogP contribution in [-0.2, 0) is 32.6 Å². The Hall–Kier alpha value is -3.77. The Morgan fingerprint density at radius 3 is 2.80 bits per heavy atom. The second-order valence-corrected chi connectivity index (χ2v) is 12.8. The minimum Gasteiger partial charge on any atom is -0.480 e. The standard InChI is InChI=1S/C26H28N6O6S2/c1-3-16-4-5-19-17(10-16)11-23(28-19)40(37,38)31-8-9-32(18(14-31)12-22(33)27-13-24(34)35)26(36)25-29-20-6-7-30(2)15-21(20)39-25/h1,4-5,10-11,18,28H,6-9,12-15H2,2H3,(H,27,33)(H,34,35). The Kier molecular flexibility index (Phi) is 7.65. The fourth-order valence-electron chi connectivity index (χ4n) is 4.96. The fourth-order valence-corrected chi connectivity index (χ4v) is 7.59. The second kappa shape index (κ2) is 11.0. The van der Waals surface area contributed by atoms with Gasteiger partial charge in [-0.05, 0) is 31.3 Å². The summed E-state index contributed by atoms with van der Waals surface area (Å²) < 4.78 is 28.5. The predicted molar refractivity (Wildman–Crippen MR) is 147 cm³/mol. The molecule has 1 unspecified atom stereocenters. The van der Waals surface area contributed by atoms with Crippen LogP contribution < -0.4 is 5.32 Å². The molecule has 2 aliphatic heterocycles. The number of carboxylic acids is 1. The van der Waals surface area contributed by atoms with Crippen molar-refractivity contribution in [2.75, 3.05) is 39.8 Å². The maximum Gasteiger partial charge on any atom is 0.322 e. The van der Waals surface area contributed by atoms with Crippen molar-refractivity contribution in [2.45, 2.75) is 30.5 Å². The van der Waals surface area contributed by atoms with Crippen molar-refractivity contribution in [1.82, 2.24) is 29.4 Å². The Labute approximate surface area is 235 Å². The van der Waals surface area contributed by atoms with Crippen molar-refractivity contribution >= 4 is 50.0 Å². The number of thiazole rings is 1. The van der Waals surface area contributed by atoms with Crippen molar-refractivity contribution < 1.29 is 27.9 Å². The molecule has 14 heteroatoms. The van der Waals surface area contributed by atoms with Crippen LogP contribution in [0.5, 0.6) is 0 Å². The van der Waals surface area contributed by atoms with Crippen molar-refractivity contribution in [3.8, 4) is 12.3 Å². The molecule has 1 aromatic carbocycles. The van der Waals surface area contributed by atoms with E-state index < -0.39 is 34.5 Å². The first-order valence-electron chi connectivity index (χ1n) is 12.6. The number of likely N-dealkylation sites (N-methyl/N-ethyl adjacent to an activating group) is 1. The van der Waals surface area contributed by atoms with Gasteiger partial charge in [-0.2, -0.15) is 4.31 Å². The number of carboxylic acid groups (broad SMARTS) is 1. The van der Waals surface area contributed by atoms with Gasteiger partial charge < -0.3 is 25.2 Å². The molecule has 2 aliphatic rings. The zero-order chi connectivity index (χ0) is 28.6. The van der Waals surface area contributed by atoms with Crippen LogP contribution in [0.1, 0.15) is 32.4 Å². The van der Waals surface area contributed by atoms with Crippen LogP contribution in [0.4, 0.5) is 0 Å². The SMILES string of the molecule is C#Cc1ccc2[nH]c(S(=O)(=O)N3CCN(C(=O)c4nc5c(s4)CN(C)CC5)C(CC(=O)NCC(=O)O)C3)cc2c1. The third-order valence-electron chi connectivity index (χ3n) is 7.05. The summed E-state index contributed by atoms with van der Waals surface area (Å²) >= 11 is 1.31. The number of piperazine rings is 1. The molecule has 2 aromatic heterocycles. The number of nitrogens with one attached hydrogen (secondary N) is 2. The lowest BCUT2D eigenvalue weighted by molar-refractivity contribution is -0.138. The van der Waals surface area contributed by atoms with Crippen LogP contribution in [0.2, 0.25) is 0 Å². The highest BCUT2D eigenvalue weighted by Gasteiger charge is 2.39. The van der Waals surface area contributed by atoms with E-state index in [0.717, 1.165) is 23.5 Å². The smallest absolute Gasteiger partial charge is 0.322 e.